The number of aliphatic carboxylic acids is 1. The molecule has 1 aromatic carbocycles. The maximum atomic E-state index is 12.4. The highest BCUT2D eigenvalue weighted by Crippen LogP contribution is 2.25. The SMILES string of the molecule is O=C(O)CC(NS(=O)(=O)c1cccc(Br)c1)c1cccs1. The van der Waals surface area contributed by atoms with E-state index < -0.39 is 22.0 Å². The molecule has 112 valence electrons. The van der Waals surface area contributed by atoms with E-state index in [4.69, 9.17) is 5.11 Å². The summed E-state index contributed by atoms with van der Waals surface area (Å²) in [5, 5.41) is 10.7. The van der Waals surface area contributed by atoms with Crippen LogP contribution in [-0.2, 0) is 14.8 Å². The molecule has 2 aromatic rings. The molecule has 0 saturated carbocycles. The molecule has 21 heavy (non-hydrogen) atoms. The Kier molecular flexibility index (Phi) is 5.15. The molecule has 0 bridgehead atoms. The molecule has 8 heteroatoms. The molecule has 0 aliphatic rings. The molecule has 0 saturated heterocycles. The number of rotatable bonds is 6. The monoisotopic (exact) mass is 389 g/mol. The molecular weight excluding hydrogens is 378 g/mol. The quantitative estimate of drug-likeness (QED) is 0.794. The van der Waals surface area contributed by atoms with Crippen LogP contribution in [0.3, 0.4) is 0 Å². The number of nitrogens with one attached hydrogen (secondary N) is 1. The normalized spacial score (nSPS) is 13.0. The standard InChI is InChI=1S/C13H12BrNO4S2/c14-9-3-1-4-10(7-9)21(18,19)15-11(8-13(16)17)12-5-2-6-20-12/h1-7,11,15H,8H2,(H,16,17). The Morgan fingerprint density at radius 1 is 1.33 bits per heavy atom. The highest BCUT2D eigenvalue weighted by molar-refractivity contribution is 9.10. The van der Waals surface area contributed by atoms with Crippen LogP contribution in [0.15, 0.2) is 51.1 Å². The van der Waals surface area contributed by atoms with Gasteiger partial charge < -0.3 is 5.11 Å². The van der Waals surface area contributed by atoms with Crippen molar-refractivity contribution in [3.63, 3.8) is 0 Å². The molecule has 2 rings (SSSR count). The third-order valence-electron chi connectivity index (χ3n) is 2.67. The Hall–Kier alpha value is -1.22. The zero-order valence-electron chi connectivity index (χ0n) is 10.7. The fraction of sp³-hybridized carbons (Fsp3) is 0.154. The minimum absolute atomic E-state index is 0.0869. The topological polar surface area (TPSA) is 83.5 Å². The number of hydrogen-bond acceptors (Lipinski definition) is 4. The smallest absolute Gasteiger partial charge is 0.305 e. The molecule has 0 amide bonds. The number of hydrogen-bond donors (Lipinski definition) is 2. The fourth-order valence-electron chi connectivity index (χ4n) is 1.75. The Morgan fingerprint density at radius 2 is 2.10 bits per heavy atom. The van der Waals surface area contributed by atoms with E-state index in [0.29, 0.717) is 9.35 Å². The maximum Gasteiger partial charge on any atom is 0.305 e. The summed E-state index contributed by atoms with van der Waals surface area (Å²) in [6.07, 6.45) is -0.312. The summed E-state index contributed by atoms with van der Waals surface area (Å²) in [6.45, 7) is 0. The highest BCUT2D eigenvalue weighted by atomic mass is 79.9. The lowest BCUT2D eigenvalue weighted by Crippen LogP contribution is -2.29. The molecule has 1 heterocycles. The minimum atomic E-state index is -3.79. The van der Waals surface area contributed by atoms with Gasteiger partial charge in [-0.05, 0) is 29.6 Å². The van der Waals surface area contributed by atoms with Crippen LogP contribution in [0, 0.1) is 0 Å². The van der Waals surface area contributed by atoms with E-state index in [1.807, 2.05) is 0 Å². The van der Waals surface area contributed by atoms with Crippen LogP contribution >= 0.6 is 27.3 Å². The van der Waals surface area contributed by atoms with Crippen molar-refractivity contribution in [2.45, 2.75) is 17.4 Å². The molecule has 1 aromatic heterocycles. The van der Waals surface area contributed by atoms with E-state index in [0.717, 1.165) is 0 Å². The molecule has 0 spiro atoms. The number of thiophene rings is 1. The van der Waals surface area contributed by atoms with Gasteiger partial charge in [-0.2, -0.15) is 0 Å². The Morgan fingerprint density at radius 3 is 2.67 bits per heavy atom. The fourth-order valence-corrected chi connectivity index (χ4v) is 4.42. The second-order valence-corrected chi connectivity index (χ2v) is 7.85. The van der Waals surface area contributed by atoms with E-state index in [2.05, 4.69) is 20.7 Å². The van der Waals surface area contributed by atoms with E-state index >= 15 is 0 Å². The first-order valence-electron chi connectivity index (χ1n) is 5.91. The summed E-state index contributed by atoms with van der Waals surface area (Å²) in [5.74, 6) is -1.06. The summed E-state index contributed by atoms with van der Waals surface area (Å²) < 4.78 is 27.8. The zero-order chi connectivity index (χ0) is 15.5. The van der Waals surface area contributed by atoms with Crippen molar-refractivity contribution in [3.8, 4) is 0 Å². The molecule has 2 N–H and O–H groups in total. The van der Waals surface area contributed by atoms with Crippen molar-refractivity contribution in [2.75, 3.05) is 0 Å². The van der Waals surface area contributed by atoms with Crippen molar-refractivity contribution in [1.29, 1.82) is 0 Å². The number of carbonyl (C=O) groups is 1. The van der Waals surface area contributed by atoms with Crippen molar-refractivity contribution >= 4 is 43.3 Å². The van der Waals surface area contributed by atoms with Gasteiger partial charge in [-0.15, -0.1) is 11.3 Å². The molecule has 1 atom stereocenters. The van der Waals surface area contributed by atoms with Gasteiger partial charge in [0.15, 0.2) is 0 Å². The lowest BCUT2D eigenvalue weighted by atomic mass is 10.2. The average molecular weight is 390 g/mol. The first-order chi connectivity index (χ1) is 9.88. The number of carboxylic acids is 1. The van der Waals surface area contributed by atoms with Crippen molar-refractivity contribution in [3.05, 3.63) is 51.1 Å². The molecular formula is C13H12BrNO4S2. The van der Waals surface area contributed by atoms with Crippen LogP contribution in [0.25, 0.3) is 0 Å². The van der Waals surface area contributed by atoms with Crippen molar-refractivity contribution in [1.82, 2.24) is 4.72 Å². The largest absolute Gasteiger partial charge is 0.481 e. The van der Waals surface area contributed by atoms with Crippen molar-refractivity contribution < 1.29 is 18.3 Å². The number of carboxylic acid groups (broad SMARTS) is 1. The molecule has 0 aliphatic carbocycles. The molecule has 0 fully saturated rings. The lowest BCUT2D eigenvalue weighted by Gasteiger charge is -2.16. The van der Waals surface area contributed by atoms with Gasteiger partial charge in [0.25, 0.3) is 0 Å². The van der Waals surface area contributed by atoms with Crippen LogP contribution in [0.1, 0.15) is 17.3 Å². The molecule has 1 unspecified atom stereocenters. The van der Waals surface area contributed by atoms with Gasteiger partial charge in [0.1, 0.15) is 0 Å². The summed E-state index contributed by atoms with van der Waals surface area (Å²) >= 11 is 4.53. The zero-order valence-corrected chi connectivity index (χ0v) is 13.9. The van der Waals surface area contributed by atoms with Crippen LogP contribution in [0.4, 0.5) is 0 Å². The van der Waals surface area contributed by atoms with Crippen LogP contribution in [0.2, 0.25) is 0 Å². The first kappa shape index (κ1) is 16.2. The number of halogens is 1. The van der Waals surface area contributed by atoms with Crippen molar-refractivity contribution in [2.24, 2.45) is 0 Å². The predicted molar refractivity (Wildman–Crippen MR) is 83.8 cm³/mol. The molecule has 0 radical (unpaired) electrons. The Bertz CT molecular complexity index is 728. The Labute approximate surface area is 134 Å². The van der Waals surface area contributed by atoms with Crippen LogP contribution in [-0.4, -0.2) is 19.5 Å². The second-order valence-electron chi connectivity index (χ2n) is 4.24. The lowest BCUT2D eigenvalue weighted by molar-refractivity contribution is -0.137. The van der Waals surface area contributed by atoms with Gasteiger partial charge in [-0.25, -0.2) is 13.1 Å². The van der Waals surface area contributed by atoms with Gasteiger partial charge >= 0.3 is 5.97 Å². The second kappa shape index (κ2) is 6.69. The van der Waals surface area contributed by atoms with Gasteiger partial charge in [0.05, 0.1) is 17.4 Å². The van der Waals surface area contributed by atoms with E-state index in [1.54, 1.807) is 29.6 Å². The molecule has 0 aliphatic heterocycles. The van der Waals surface area contributed by atoms with E-state index in [1.165, 1.54) is 23.5 Å². The first-order valence-corrected chi connectivity index (χ1v) is 9.07. The van der Waals surface area contributed by atoms with Gasteiger partial charge in [-0.3, -0.25) is 4.79 Å². The average Bonchev–Trinajstić information content (AvgIpc) is 2.91. The van der Waals surface area contributed by atoms with Crippen LogP contribution in [0.5, 0.6) is 0 Å². The number of benzene rings is 1. The van der Waals surface area contributed by atoms with Crippen LogP contribution < -0.4 is 4.72 Å². The molecule has 5 nitrogen and oxygen atoms in total. The summed E-state index contributed by atoms with van der Waals surface area (Å²) in [5.41, 5.74) is 0. The number of sulfonamides is 1. The van der Waals surface area contributed by atoms with Gasteiger partial charge in [0.2, 0.25) is 10.0 Å². The minimum Gasteiger partial charge on any atom is -0.481 e. The highest BCUT2D eigenvalue weighted by Gasteiger charge is 2.24. The summed E-state index contributed by atoms with van der Waals surface area (Å²) in [4.78, 5) is 11.7. The summed E-state index contributed by atoms with van der Waals surface area (Å²) in [6, 6.07) is 8.92. The van der Waals surface area contributed by atoms with Gasteiger partial charge in [-0.1, -0.05) is 28.1 Å². The maximum absolute atomic E-state index is 12.4. The van der Waals surface area contributed by atoms with Gasteiger partial charge in [0, 0.05) is 9.35 Å². The predicted octanol–water partition coefficient (Wildman–Crippen LogP) is 3.00. The Balaban J connectivity index is 2.29. The summed E-state index contributed by atoms with van der Waals surface area (Å²) in [7, 11) is -3.79. The third kappa shape index (κ3) is 4.37. The third-order valence-corrected chi connectivity index (χ3v) is 5.62. The van der Waals surface area contributed by atoms with E-state index in [9.17, 15) is 13.2 Å². The van der Waals surface area contributed by atoms with E-state index in [-0.39, 0.29) is 11.3 Å².